The zero-order chi connectivity index (χ0) is 17.8. The molecule has 0 unspecified atom stereocenters. The van der Waals surface area contributed by atoms with Crippen LogP contribution < -0.4 is 0 Å². The van der Waals surface area contributed by atoms with Crippen molar-refractivity contribution < 1.29 is 19.0 Å². The van der Waals surface area contributed by atoms with E-state index in [2.05, 4.69) is 0 Å². The van der Waals surface area contributed by atoms with E-state index < -0.39 is 6.29 Å². The number of aliphatic hydroxyl groups is 1. The topological polar surface area (TPSA) is 75.6 Å². The minimum atomic E-state index is -0.505. The van der Waals surface area contributed by atoms with Crippen LogP contribution in [0.1, 0.15) is 17.6 Å². The van der Waals surface area contributed by atoms with Crippen molar-refractivity contribution in [1.82, 2.24) is 0 Å². The molecule has 0 aliphatic carbocycles. The van der Waals surface area contributed by atoms with Gasteiger partial charge in [-0.3, -0.25) is 0 Å². The molecule has 2 aromatic carbocycles. The Hall–Kier alpha value is -3.07. The van der Waals surface area contributed by atoms with E-state index >= 15 is 0 Å². The molecule has 0 bridgehead atoms. The van der Waals surface area contributed by atoms with Crippen molar-refractivity contribution in [2.45, 2.75) is 6.29 Å². The van der Waals surface area contributed by atoms with Crippen LogP contribution in [-0.2, 0) is 9.47 Å². The molecule has 1 N–H and O–H groups in total. The van der Waals surface area contributed by atoms with E-state index in [0.29, 0.717) is 11.1 Å². The molecule has 1 aromatic heterocycles. The molecule has 25 heavy (non-hydrogen) atoms. The minimum absolute atomic E-state index is 0.214. The molecule has 0 saturated heterocycles. The molecule has 0 amide bonds. The van der Waals surface area contributed by atoms with Gasteiger partial charge in [0.25, 0.3) is 0 Å². The molecule has 126 valence electrons. The van der Waals surface area contributed by atoms with Crippen LogP contribution in [0.3, 0.4) is 0 Å². The zero-order valence-corrected chi connectivity index (χ0v) is 13.9. The van der Waals surface area contributed by atoms with Crippen LogP contribution in [0.4, 0.5) is 0 Å². The predicted octanol–water partition coefficient (Wildman–Crippen LogP) is 4.81. The Labute approximate surface area is 145 Å². The normalized spacial score (nSPS) is 11.8. The molecule has 0 spiro atoms. The van der Waals surface area contributed by atoms with Crippen LogP contribution in [0.25, 0.3) is 27.9 Å². The number of hydrogen-bond donors (Lipinski definition) is 1. The zero-order valence-electron chi connectivity index (χ0n) is 13.9. The van der Waals surface area contributed by atoms with Crippen molar-refractivity contribution in [3.8, 4) is 17.2 Å². The van der Waals surface area contributed by atoms with Crippen molar-refractivity contribution >= 4 is 16.7 Å². The fraction of sp³-hybridized carbons (Fsp3) is 0.150. The highest BCUT2D eigenvalue weighted by atomic mass is 16.7. The van der Waals surface area contributed by atoms with Gasteiger partial charge in [-0.05, 0) is 17.7 Å². The number of methoxy groups -OCH3 is 2. The highest BCUT2D eigenvalue weighted by Gasteiger charge is 2.20. The highest BCUT2D eigenvalue weighted by Crippen LogP contribution is 2.39. The van der Waals surface area contributed by atoms with Crippen LogP contribution in [0.5, 0.6) is 0 Å². The van der Waals surface area contributed by atoms with E-state index in [1.54, 1.807) is 20.3 Å². The molecule has 5 heteroatoms. The lowest BCUT2D eigenvalue weighted by molar-refractivity contribution is -0.105. The second-order valence-corrected chi connectivity index (χ2v) is 5.39. The van der Waals surface area contributed by atoms with Gasteiger partial charge in [0.05, 0.1) is 12.1 Å². The summed E-state index contributed by atoms with van der Waals surface area (Å²) in [6.45, 7) is 0. The van der Waals surface area contributed by atoms with Crippen LogP contribution in [0, 0.1) is 11.3 Å². The molecule has 1 heterocycles. The molecule has 0 saturated carbocycles. The maximum atomic E-state index is 10.2. The lowest BCUT2D eigenvalue weighted by Gasteiger charge is -2.13. The molecular formula is C20H17NO4. The van der Waals surface area contributed by atoms with Gasteiger partial charge < -0.3 is 19.0 Å². The van der Waals surface area contributed by atoms with E-state index in [0.717, 1.165) is 22.6 Å². The number of hydrogen-bond acceptors (Lipinski definition) is 5. The quantitative estimate of drug-likeness (QED) is 0.411. The second-order valence-electron chi connectivity index (χ2n) is 5.39. The van der Waals surface area contributed by atoms with Gasteiger partial charge in [-0.1, -0.05) is 36.4 Å². The third kappa shape index (κ3) is 3.13. The number of allylic oxidation sites excluding steroid dienone is 1. The second kappa shape index (κ2) is 7.22. The number of ether oxygens (including phenoxy) is 2. The number of fused-ring (bicyclic) bond motifs is 1. The van der Waals surface area contributed by atoms with Gasteiger partial charge in [0.1, 0.15) is 5.58 Å². The van der Waals surface area contributed by atoms with Gasteiger partial charge in [-0.2, -0.15) is 5.26 Å². The monoisotopic (exact) mass is 335 g/mol. The fourth-order valence-electron chi connectivity index (χ4n) is 2.83. The lowest BCUT2D eigenvalue weighted by atomic mass is 9.99. The first kappa shape index (κ1) is 16.8. The highest BCUT2D eigenvalue weighted by molar-refractivity contribution is 5.99. The summed E-state index contributed by atoms with van der Waals surface area (Å²) < 4.78 is 16.5. The molecule has 3 rings (SSSR count). The van der Waals surface area contributed by atoms with Gasteiger partial charge >= 0.3 is 0 Å². The summed E-state index contributed by atoms with van der Waals surface area (Å²) in [7, 11) is 3.14. The number of aliphatic hydroxyl groups excluding tert-OH is 1. The number of furan rings is 1. The summed E-state index contributed by atoms with van der Waals surface area (Å²) in [4.78, 5) is 0. The van der Waals surface area contributed by atoms with Crippen LogP contribution in [0.15, 0.2) is 59.0 Å². The Morgan fingerprint density at radius 3 is 2.52 bits per heavy atom. The smallest absolute Gasteiger partial charge is 0.183 e. The first-order chi connectivity index (χ1) is 12.2. The SMILES string of the molecule is COC(OC)c1ccc2oc(/C(O)=C/C#N)c(-c3ccccc3)c2c1. The van der Waals surface area contributed by atoms with E-state index in [1.165, 1.54) is 0 Å². The summed E-state index contributed by atoms with van der Waals surface area (Å²) in [6, 6.07) is 16.9. The van der Waals surface area contributed by atoms with Gasteiger partial charge in [0.15, 0.2) is 17.8 Å². The van der Waals surface area contributed by atoms with Crippen LogP contribution in [-0.4, -0.2) is 19.3 Å². The van der Waals surface area contributed by atoms with Crippen molar-refractivity contribution in [2.24, 2.45) is 0 Å². The Morgan fingerprint density at radius 1 is 1.16 bits per heavy atom. The number of nitrogens with zero attached hydrogens (tertiary/aromatic N) is 1. The van der Waals surface area contributed by atoms with Gasteiger partial charge in [0, 0.05) is 30.7 Å². The average Bonchev–Trinajstić information content (AvgIpc) is 3.02. The van der Waals surface area contributed by atoms with E-state index in [-0.39, 0.29) is 11.5 Å². The Balaban J connectivity index is 2.30. The average molecular weight is 335 g/mol. The Bertz CT molecular complexity index is 947. The molecule has 5 nitrogen and oxygen atoms in total. The van der Waals surface area contributed by atoms with E-state index in [9.17, 15) is 5.11 Å². The lowest BCUT2D eigenvalue weighted by Crippen LogP contribution is -2.03. The number of nitriles is 1. The van der Waals surface area contributed by atoms with Gasteiger partial charge in [-0.25, -0.2) is 0 Å². The Morgan fingerprint density at radius 2 is 1.88 bits per heavy atom. The standard InChI is InChI=1S/C20H17NO4/c1-23-20(24-2)14-8-9-17-15(12-14)18(13-6-4-3-5-7-13)19(25-17)16(22)10-11-21/h3-10,12,20,22H,1-2H3/b16-10-. The van der Waals surface area contributed by atoms with Gasteiger partial charge in [0.2, 0.25) is 0 Å². The molecule has 0 aliphatic heterocycles. The first-order valence-corrected chi connectivity index (χ1v) is 7.66. The maximum Gasteiger partial charge on any atom is 0.183 e. The summed E-state index contributed by atoms with van der Waals surface area (Å²) in [5, 5.41) is 19.9. The minimum Gasteiger partial charge on any atom is -0.504 e. The maximum absolute atomic E-state index is 10.2. The van der Waals surface area contributed by atoms with Crippen LogP contribution in [0.2, 0.25) is 0 Å². The van der Waals surface area contributed by atoms with Crippen molar-refractivity contribution in [3.63, 3.8) is 0 Å². The molecule has 0 aliphatic rings. The molecule has 0 radical (unpaired) electrons. The molecule has 0 fully saturated rings. The fourth-order valence-corrected chi connectivity index (χ4v) is 2.83. The Kier molecular flexibility index (Phi) is 4.85. The van der Waals surface area contributed by atoms with Crippen molar-refractivity contribution in [3.05, 3.63) is 65.9 Å². The predicted molar refractivity (Wildman–Crippen MR) is 94.6 cm³/mol. The van der Waals surface area contributed by atoms with E-state index in [1.807, 2.05) is 48.5 Å². The summed E-state index contributed by atoms with van der Waals surface area (Å²) >= 11 is 0. The van der Waals surface area contributed by atoms with Crippen molar-refractivity contribution in [2.75, 3.05) is 14.2 Å². The summed E-state index contributed by atoms with van der Waals surface area (Å²) in [6.07, 6.45) is 0.549. The van der Waals surface area contributed by atoms with E-state index in [4.69, 9.17) is 19.2 Å². The summed E-state index contributed by atoms with van der Waals surface area (Å²) in [5.41, 5.74) is 3.01. The molecular weight excluding hydrogens is 318 g/mol. The third-order valence-electron chi connectivity index (χ3n) is 3.91. The molecule has 3 aromatic rings. The van der Waals surface area contributed by atoms with Gasteiger partial charge in [-0.15, -0.1) is 0 Å². The summed E-state index contributed by atoms with van der Waals surface area (Å²) in [5.74, 6) is 0.0421. The number of rotatable bonds is 5. The largest absolute Gasteiger partial charge is 0.504 e. The third-order valence-corrected chi connectivity index (χ3v) is 3.91. The first-order valence-electron chi connectivity index (χ1n) is 7.66. The van der Waals surface area contributed by atoms with Crippen molar-refractivity contribution in [1.29, 1.82) is 5.26 Å². The molecule has 0 atom stereocenters. The number of benzene rings is 2. The van der Waals surface area contributed by atoms with Crippen LogP contribution >= 0.6 is 0 Å².